The van der Waals surface area contributed by atoms with E-state index in [-0.39, 0.29) is 11.9 Å². The maximum Gasteiger partial charge on any atom is 0.325 e. The zero-order chi connectivity index (χ0) is 9.59. The van der Waals surface area contributed by atoms with Crippen molar-refractivity contribution in [3.05, 3.63) is 11.6 Å². The Morgan fingerprint density at radius 2 is 2.31 bits per heavy atom. The van der Waals surface area contributed by atoms with Crippen LogP contribution in [0.25, 0.3) is 0 Å². The van der Waals surface area contributed by atoms with Gasteiger partial charge in [0, 0.05) is 7.05 Å². The fourth-order valence-electron chi connectivity index (χ4n) is 1.21. The van der Waals surface area contributed by atoms with Crippen LogP contribution in [0.1, 0.15) is 0 Å². The highest BCUT2D eigenvalue weighted by Gasteiger charge is 2.36. The number of amidine groups is 1. The van der Waals surface area contributed by atoms with E-state index in [1.807, 2.05) is 0 Å². The zero-order valence-electron chi connectivity index (χ0n) is 6.71. The van der Waals surface area contributed by atoms with E-state index in [4.69, 9.17) is 0 Å². The molecule has 70 valence electrons. The maximum absolute atomic E-state index is 11.2. The van der Waals surface area contributed by atoms with E-state index < -0.39 is 6.17 Å². The van der Waals surface area contributed by atoms with Crippen LogP contribution in [0.2, 0.25) is 0 Å². The van der Waals surface area contributed by atoms with E-state index in [9.17, 15) is 9.90 Å². The van der Waals surface area contributed by atoms with Gasteiger partial charge >= 0.3 is 6.03 Å². The van der Waals surface area contributed by atoms with Gasteiger partial charge < -0.3 is 10.4 Å². The summed E-state index contributed by atoms with van der Waals surface area (Å²) in [6, 6.07) is -0.376. The first kappa shape index (κ1) is 8.36. The average Bonchev–Trinajstić information content (AvgIpc) is 2.44. The van der Waals surface area contributed by atoms with Crippen LogP contribution in [0.15, 0.2) is 16.6 Å². The fraction of sp³-hybridized carbons (Fsp3) is 0.333. The lowest BCUT2D eigenvalue weighted by Gasteiger charge is -2.28. The SMILES string of the molecule is CN1C(=O)NC(O)=C2NC(Br)=NC21. The van der Waals surface area contributed by atoms with Crippen molar-refractivity contribution in [2.24, 2.45) is 4.99 Å². The van der Waals surface area contributed by atoms with Gasteiger partial charge in [-0.2, -0.15) is 0 Å². The molecule has 2 heterocycles. The number of aliphatic imine (C=N–C) groups is 1. The van der Waals surface area contributed by atoms with Crippen LogP contribution < -0.4 is 10.6 Å². The zero-order valence-corrected chi connectivity index (χ0v) is 8.29. The molecule has 13 heavy (non-hydrogen) atoms. The monoisotopic (exact) mass is 246 g/mol. The van der Waals surface area contributed by atoms with Gasteiger partial charge in [-0.05, 0) is 15.9 Å². The molecule has 0 spiro atoms. The highest BCUT2D eigenvalue weighted by atomic mass is 79.9. The summed E-state index contributed by atoms with van der Waals surface area (Å²) in [5.41, 5.74) is 0.481. The molecule has 0 fully saturated rings. The predicted molar refractivity (Wildman–Crippen MR) is 49.2 cm³/mol. The summed E-state index contributed by atoms with van der Waals surface area (Å²) in [7, 11) is 1.60. The van der Waals surface area contributed by atoms with Crippen LogP contribution in [-0.4, -0.2) is 34.0 Å². The van der Waals surface area contributed by atoms with E-state index in [0.717, 1.165) is 0 Å². The molecule has 0 bridgehead atoms. The van der Waals surface area contributed by atoms with Crippen molar-refractivity contribution in [2.75, 3.05) is 7.05 Å². The summed E-state index contributed by atoms with van der Waals surface area (Å²) < 4.78 is 0.502. The van der Waals surface area contributed by atoms with Crippen LogP contribution in [0, 0.1) is 0 Å². The number of rotatable bonds is 0. The second-order valence-electron chi connectivity index (χ2n) is 2.72. The fourth-order valence-corrected chi connectivity index (χ4v) is 1.62. The van der Waals surface area contributed by atoms with E-state index in [1.165, 1.54) is 4.90 Å². The summed E-state index contributed by atoms with van der Waals surface area (Å²) >= 11 is 3.13. The molecule has 1 atom stereocenters. The van der Waals surface area contributed by atoms with Gasteiger partial charge in [-0.1, -0.05) is 0 Å². The molecule has 2 aliphatic heterocycles. The van der Waals surface area contributed by atoms with E-state index in [1.54, 1.807) is 7.05 Å². The number of halogens is 1. The maximum atomic E-state index is 11.2. The second kappa shape index (κ2) is 2.63. The molecule has 0 radical (unpaired) electrons. The highest BCUT2D eigenvalue weighted by Crippen LogP contribution is 2.21. The number of likely N-dealkylation sites (N-methyl/N-ethyl adjacent to an activating group) is 1. The van der Waals surface area contributed by atoms with Crippen molar-refractivity contribution >= 4 is 26.7 Å². The standard InChI is InChI=1S/C6H7BrN4O2/c1-11-3-2(8-5(7)9-3)4(12)10-6(11)13/h3,12H,1H3,(H,8,9)(H,10,13). The molecule has 2 aliphatic rings. The molecule has 2 amide bonds. The first-order valence-corrected chi connectivity index (χ1v) is 4.36. The summed E-state index contributed by atoms with van der Waals surface area (Å²) in [6.07, 6.45) is -0.455. The minimum Gasteiger partial charge on any atom is -0.493 e. The summed E-state index contributed by atoms with van der Waals surface area (Å²) in [5.74, 6) is -0.175. The molecule has 3 N–H and O–H groups in total. The van der Waals surface area contributed by atoms with Crippen molar-refractivity contribution in [3.63, 3.8) is 0 Å². The Morgan fingerprint density at radius 3 is 3.00 bits per heavy atom. The number of amides is 2. The Balaban J connectivity index is 2.41. The summed E-state index contributed by atoms with van der Waals surface area (Å²) in [4.78, 5) is 16.6. The van der Waals surface area contributed by atoms with Gasteiger partial charge in [-0.25, -0.2) is 9.79 Å². The molecule has 0 aromatic rings. The number of nitrogens with zero attached hydrogens (tertiary/aromatic N) is 2. The molecule has 0 saturated carbocycles. The van der Waals surface area contributed by atoms with Crippen molar-refractivity contribution < 1.29 is 9.90 Å². The lowest BCUT2D eigenvalue weighted by molar-refractivity contribution is 0.182. The van der Waals surface area contributed by atoms with Crippen LogP contribution in [0.4, 0.5) is 4.79 Å². The minimum absolute atomic E-state index is 0.175. The van der Waals surface area contributed by atoms with E-state index in [0.29, 0.717) is 10.4 Å². The number of urea groups is 1. The topological polar surface area (TPSA) is 77.0 Å². The predicted octanol–water partition coefficient (Wildman–Crippen LogP) is 0.0487. The Morgan fingerprint density at radius 1 is 1.62 bits per heavy atom. The lowest BCUT2D eigenvalue weighted by atomic mass is 10.3. The molecular formula is C6H7BrN4O2. The number of carbonyl (C=O) groups is 1. The van der Waals surface area contributed by atoms with Gasteiger partial charge in [0.15, 0.2) is 10.9 Å². The lowest BCUT2D eigenvalue weighted by Crippen LogP contribution is -2.49. The van der Waals surface area contributed by atoms with Crippen molar-refractivity contribution in [1.82, 2.24) is 15.5 Å². The number of nitrogens with one attached hydrogen (secondary N) is 2. The largest absolute Gasteiger partial charge is 0.493 e. The molecule has 0 aromatic heterocycles. The van der Waals surface area contributed by atoms with Crippen molar-refractivity contribution in [3.8, 4) is 0 Å². The van der Waals surface area contributed by atoms with E-state index >= 15 is 0 Å². The quantitative estimate of drug-likeness (QED) is 0.529. The first-order chi connectivity index (χ1) is 6.09. The number of aliphatic hydroxyl groups is 1. The molecule has 2 rings (SSSR count). The molecule has 7 heteroatoms. The third kappa shape index (κ3) is 1.15. The highest BCUT2D eigenvalue weighted by molar-refractivity contribution is 9.18. The molecular weight excluding hydrogens is 240 g/mol. The average molecular weight is 247 g/mol. The number of fused-ring (bicyclic) bond motifs is 1. The number of aliphatic hydroxyl groups excluding tert-OH is 1. The van der Waals surface area contributed by atoms with Crippen molar-refractivity contribution in [1.29, 1.82) is 0 Å². The van der Waals surface area contributed by atoms with Gasteiger partial charge in [-0.15, -0.1) is 0 Å². The summed E-state index contributed by atoms with van der Waals surface area (Å²) in [6.45, 7) is 0. The van der Waals surface area contributed by atoms with Gasteiger partial charge in [-0.3, -0.25) is 10.2 Å². The third-order valence-corrected chi connectivity index (χ3v) is 2.30. The van der Waals surface area contributed by atoms with Crippen molar-refractivity contribution in [2.45, 2.75) is 6.17 Å². The van der Waals surface area contributed by atoms with Crippen LogP contribution >= 0.6 is 15.9 Å². The number of carbonyl (C=O) groups excluding carboxylic acids is 1. The van der Waals surface area contributed by atoms with E-state index in [2.05, 4.69) is 31.6 Å². The smallest absolute Gasteiger partial charge is 0.325 e. The van der Waals surface area contributed by atoms with Gasteiger partial charge in [0.25, 0.3) is 0 Å². The Hall–Kier alpha value is -1.24. The molecule has 0 aliphatic carbocycles. The minimum atomic E-state index is -0.455. The number of hydrogen-bond acceptors (Lipinski definition) is 4. The molecule has 0 saturated heterocycles. The van der Waals surface area contributed by atoms with Gasteiger partial charge in [0.2, 0.25) is 5.88 Å². The van der Waals surface area contributed by atoms with Gasteiger partial charge in [0.05, 0.1) is 0 Å². The normalized spacial score (nSPS) is 26.6. The molecule has 0 aromatic carbocycles. The van der Waals surface area contributed by atoms with Crippen LogP contribution in [-0.2, 0) is 0 Å². The Labute approximate surface area is 82.4 Å². The third-order valence-electron chi connectivity index (χ3n) is 1.90. The molecule has 1 unspecified atom stereocenters. The molecule has 6 nitrogen and oxygen atoms in total. The first-order valence-electron chi connectivity index (χ1n) is 3.57. The van der Waals surface area contributed by atoms with Crippen LogP contribution in [0.5, 0.6) is 0 Å². The van der Waals surface area contributed by atoms with Crippen LogP contribution in [0.3, 0.4) is 0 Å². The second-order valence-corrected chi connectivity index (χ2v) is 3.47. The van der Waals surface area contributed by atoms with Gasteiger partial charge in [0.1, 0.15) is 5.70 Å². The number of hydrogen-bond donors (Lipinski definition) is 3. The Kier molecular flexibility index (Phi) is 1.69. The Bertz CT molecular complexity index is 338. The summed E-state index contributed by atoms with van der Waals surface area (Å²) in [5, 5.41) is 14.4.